The molecule has 28 heavy (non-hydrogen) atoms. The monoisotopic (exact) mass is 413 g/mol. The predicted octanol–water partition coefficient (Wildman–Crippen LogP) is 2.29. The Labute approximate surface area is 161 Å². The zero-order valence-electron chi connectivity index (χ0n) is 15.5. The molecule has 7 nitrogen and oxygen atoms in total. The van der Waals surface area contributed by atoms with Gasteiger partial charge in [0, 0.05) is 31.1 Å². The second-order valence-electron chi connectivity index (χ2n) is 6.75. The molecule has 2 heterocycles. The van der Waals surface area contributed by atoms with Gasteiger partial charge in [-0.3, -0.25) is 4.79 Å². The first-order valence-corrected chi connectivity index (χ1v) is 10.3. The molecule has 1 aromatic heterocycles. The molecule has 152 valence electrons. The fourth-order valence-electron chi connectivity index (χ4n) is 3.35. The molecule has 0 aliphatic carbocycles. The Morgan fingerprint density at radius 3 is 2.39 bits per heavy atom. The number of aromatic nitrogens is 1. The van der Waals surface area contributed by atoms with Crippen molar-refractivity contribution in [2.75, 3.05) is 13.1 Å². The van der Waals surface area contributed by atoms with E-state index in [1.165, 1.54) is 17.3 Å². The molecule has 1 aliphatic rings. The highest BCUT2D eigenvalue weighted by Crippen LogP contribution is 2.27. The number of carbonyl (C=O) groups excluding carboxylic acids is 1. The molecule has 0 spiro atoms. The van der Waals surface area contributed by atoms with Crippen molar-refractivity contribution in [1.82, 2.24) is 14.8 Å². The van der Waals surface area contributed by atoms with Gasteiger partial charge in [0.2, 0.25) is 15.9 Å². The van der Waals surface area contributed by atoms with Gasteiger partial charge >= 0.3 is 0 Å². The van der Waals surface area contributed by atoms with Gasteiger partial charge in [-0.15, -0.1) is 0 Å². The van der Waals surface area contributed by atoms with Crippen LogP contribution in [0.5, 0.6) is 0 Å². The van der Waals surface area contributed by atoms with Gasteiger partial charge in [-0.2, -0.15) is 4.31 Å². The minimum Gasteiger partial charge on any atom is -0.360 e. The Morgan fingerprint density at radius 2 is 1.86 bits per heavy atom. The Balaban J connectivity index is 1.60. The molecule has 0 radical (unpaired) electrons. The van der Waals surface area contributed by atoms with Crippen LogP contribution in [-0.4, -0.2) is 36.9 Å². The predicted molar refractivity (Wildman–Crippen MR) is 95.7 cm³/mol. The number of nitrogens with one attached hydrogen (secondary N) is 1. The molecule has 1 aliphatic heterocycles. The number of rotatable bonds is 5. The van der Waals surface area contributed by atoms with E-state index in [4.69, 9.17) is 4.52 Å². The number of nitrogens with zero attached hydrogens (tertiary/aromatic N) is 2. The van der Waals surface area contributed by atoms with Crippen LogP contribution in [0.15, 0.2) is 27.6 Å². The third-order valence-electron chi connectivity index (χ3n) is 4.89. The molecule has 0 atom stereocenters. The molecule has 1 fully saturated rings. The van der Waals surface area contributed by atoms with E-state index in [1.807, 2.05) is 0 Å². The largest absolute Gasteiger partial charge is 0.360 e. The van der Waals surface area contributed by atoms with Gasteiger partial charge in [0.1, 0.15) is 22.2 Å². The maximum absolute atomic E-state index is 13.6. The number of halogens is 2. The van der Waals surface area contributed by atoms with Crippen molar-refractivity contribution in [2.24, 2.45) is 5.92 Å². The summed E-state index contributed by atoms with van der Waals surface area (Å²) < 4.78 is 59.1. The zero-order chi connectivity index (χ0) is 20.5. The average molecular weight is 413 g/mol. The fraction of sp³-hybridized carbons (Fsp3) is 0.444. The lowest BCUT2D eigenvalue weighted by molar-refractivity contribution is -0.126. The number of piperidine rings is 1. The van der Waals surface area contributed by atoms with Crippen molar-refractivity contribution in [3.05, 3.63) is 46.9 Å². The molecule has 10 heteroatoms. The molecule has 1 saturated heterocycles. The normalized spacial score (nSPS) is 16.3. The van der Waals surface area contributed by atoms with Crippen molar-refractivity contribution in [3.8, 4) is 0 Å². The topological polar surface area (TPSA) is 92.5 Å². The number of sulfonamides is 1. The average Bonchev–Trinajstić information content (AvgIpc) is 3.00. The maximum atomic E-state index is 13.6. The van der Waals surface area contributed by atoms with Crippen LogP contribution < -0.4 is 5.32 Å². The summed E-state index contributed by atoms with van der Waals surface area (Å²) in [7, 11) is -3.75. The third-order valence-corrected chi connectivity index (χ3v) is 7.04. The van der Waals surface area contributed by atoms with E-state index in [0.717, 1.165) is 12.1 Å². The fourth-order valence-corrected chi connectivity index (χ4v) is 5.11. The second kappa shape index (κ2) is 7.96. The van der Waals surface area contributed by atoms with Crippen molar-refractivity contribution >= 4 is 15.9 Å². The van der Waals surface area contributed by atoms with Crippen LogP contribution >= 0.6 is 0 Å². The van der Waals surface area contributed by atoms with E-state index in [1.54, 1.807) is 6.92 Å². The van der Waals surface area contributed by atoms with E-state index < -0.39 is 27.6 Å². The van der Waals surface area contributed by atoms with Gasteiger partial charge in [-0.25, -0.2) is 17.2 Å². The van der Waals surface area contributed by atoms with Crippen molar-refractivity contribution in [2.45, 2.75) is 38.1 Å². The van der Waals surface area contributed by atoms with Crippen LogP contribution in [0.3, 0.4) is 0 Å². The molecule has 0 bridgehead atoms. The number of aryl methyl sites for hydroxylation is 2. The Hall–Kier alpha value is -2.33. The Kier molecular flexibility index (Phi) is 5.80. The zero-order valence-corrected chi connectivity index (χ0v) is 16.4. The summed E-state index contributed by atoms with van der Waals surface area (Å²) in [5.41, 5.74) is 0.0959. The standard InChI is InChI=1S/C18H21F2N3O4S/c1-11-17(12(2)27-22-11)28(25,26)23-8-6-13(7-9-23)18(24)21-10-14-15(19)4-3-5-16(14)20/h3-5,13H,6-10H2,1-2H3,(H,21,24). The van der Waals surface area contributed by atoms with E-state index in [0.29, 0.717) is 18.5 Å². The highest BCUT2D eigenvalue weighted by molar-refractivity contribution is 7.89. The van der Waals surface area contributed by atoms with Crippen LogP contribution in [-0.2, 0) is 21.4 Å². The summed E-state index contributed by atoms with van der Waals surface area (Å²) in [6, 6.07) is 3.51. The Bertz CT molecular complexity index is 943. The molecule has 0 unspecified atom stereocenters. The molecule has 2 aromatic rings. The summed E-state index contributed by atoms with van der Waals surface area (Å²) in [6.07, 6.45) is 0.627. The number of amides is 1. The molecular formula is C18H21F2N3O4S. The van der Waals surface area contributed by atoms with Crippen LogP contribution in [0.2, 0.25) is 0 Å². The minimum atomic E-state index is -3.75. The molecule has 0 saturated carbocycles. The number of carbonyl (C=O) groups is 1. The summed E-state index contributed by atoms with van der Waals surface area (Å²) in [4.78, 5) is 12.4. The van der Waals surface area contributed by atoms with Crippen molar-refractivity contribution in [1.29, 1.82) is 0 Å². The van der Waals surface area contributed by atoms with Gasteiger partial charge < -0.3 is 9.84 Å². The first-order chi connectivity index (χ1) is 13.2. The smallest absolute Gasteiger partial charge is 0.248 e. The van der Waals surface area contributed by atoms with Crippen LogP contribution in [0.25, 0.3) is 0 Å². The summed E-state index contributed by atoms with van der Waals surface area (Å²) in [5.74, 6) is -1.99. The highest BCUT2D eigenvalue weighted by Gasteiger charge is 2.35. The molecular weight excluding hydrogens is 392 g/mol. The maximum Gasteiger partial charge on any atom is 0.248 e. The molecule has 1 amide bonds. The SMILES string of the molecule is Cc1noc(C)c1S(=O)(=O)N1CCC(C(=O)NCc2c(F)cccc2F)CC1. The second-order valence-corrected chi connectivity index (χ2v) is 8.62. The van der Waals surface area contributed by atoms with Gasteiger partial charge in [0.15, 0.2) is 5.76 Å². The number of benzene rings is 1. The number of hydrogen-bond acceptors (Lipinski definition) is 5. The quantitative estimate of drug-likeness (QED) is 0.812. The van der Waals surface area contributed by atoms with E-state index in [9.17, 15) is 22.0 Å². The van der Waals surface area contributed by atoms with Gasteiger partial charge in [-0.05, 0) is 38.8 Å². The van der Waals surface area contributed by atoms with Crippen molar-refractivity contribution < 1.29 is 26.5 Å². The lowest BCUT2D eigenvalue weighted by Gasteiger charge is -2.30. The first-order valence-electron chi connectivity index (χ1n) is 8.85. The van der Waals surface area contributed by atoms with Gasteiger partial charge in [0.25, 0.3) is 0 Å². The van der Waals surface area contributed by atoms with E-state index in [-0.39, 0.29) is 41.8 Å². The molecule has 1 aromatic carbocycles. The highest BCUT2D eigenvalue weighted by atomic mass is 32.2. The van der Waals surface area contributed by atoms with E-state index >= 15 is 0 Å². The van der Waals surface area contributed by atoms with Crippen LogP contribution in [0.1, 0.15) is 29.9 Å². The summed E-state index contributed by atoms with van der Waals surface area (Å²) >= 11 is 0. The lowest BCUT2D eigenvalue weighted by Crippen LogP contribution is -2.43. The van der Waals surface area contributed by atoms with Crippen LogP contribution in [0.4, 0.5) is 8.78 Å². The number of hydrogen-bond donors (Lipinski definition) is 1. The first kappa shape index (κ1) is 20.4. The van der Waals surface area contributed by atoms with Gasteiger partial charge in [-0.1, -0.05) is 11.2 Å². The Morgan fingerprint density at radius 1 is 1.25 bits per heavy atom. The minimum absolute atomic E-state index is 0.0606. The third kappa shape index (κ3) is 3.93. The summed E-state index contributed by atoms with van der Waals surface area (Å²) in [5, 5.41) is 6.22. The van der Waals surface area contributed by atoms with Gasteiger partial charge in [0.05, 0.1) is 0 Å². The van der Waals surface area contributed by atoms with Crippen LogP contribution in [0, 0.1) is 31.4 Å². The lowest BCUT2D eigenvalue weighted by atomic mass is 9.97. The van der Waals surface area contributed by atoms with E-state index in [2.05, 4.69) is 10.5 Å². The molecule has 3 rings (SSSR count). The van der Waals surface area contributed by atoms with Crippen molar-refractivity contribution in [3.63, 3.8) is 0 Å². The summed E-state index contributed by atoms with van der Waals surface area (Å²) in [6.45, 7) is 3.17. The molecule has 1 N–H and O–H groups in total.